The van der Waals surface area contributed by atoms with Crippen molar-refractivity contribution in [3.8, 4) is 0 Å². The smallest absolute Gasteiger partial charge is 0.314 e. The van der Waals surface area contributed by atoms with E-state index in [9.17, 15) is 9.59 Å². The van der Waals surface area contributed by atoms with Crippen molar-refractivity contribution in [2.45, 2.75) is 13.8 Å². The number of rotatable bonds is 2. The van der Waals surface area contributed by atoms with Gasteiger partial charge in [0.1, 0.15) is 0 Å². The molecule has 0 saturated carbocycles. The van der Waals surface area contributed by atoms with E-state index >= 15 is 0 Å². The molecule has 102 valence electrons. The van der Waals surface area contributed by atoms with Crippen LogP contribution in [0.4, 0.5) is 11.4 Å². The summed E-state index contributed by atoms with van der Waals surface area (Å²) < 4.78 is 0. The topological polar surface area (TPSA) is 58.2 Å². The van der Waals surface area contributed by atoms with Gasteiger partial charge in [-0.1, -0.05) is 35.9 Å². The molecule has 4 heteroatoms. The summed E-state index contributed by atoms with van der Waals surface area (Å²) in [7, 11) is 0. The van der Waals surface area contributed by atoms with Crippen LogP contribution in [0.25, 0.3) is 0 Å². The molecule has 0 fully saturated rings. The Kier molecular flexibility index (Phi) is 4.15. The largest absolute Gasteiger partial charge is 0.318 e. The summed E-state index contributed by atoms with van der Waals surface area (Å²) in [5.74, 6) is -1.36. The molecule has 2 rings (SSSR count). The highest BCUT2D eigenvalue weighted by Crippen LogP contribution is 2.13. The second-order valence-electron chi connectivity index (χ2n) is 4.59. The number of hydrogen-bond acceptors (Lipinski definition) is 2. The maximum absolute atomic E-state index is 11.8. The van der Waals surface area contributed by atoms with E-state index in [1.165, 1.54) is 0 Å². The molecule has 2 aromatic carbocycles. The van der Waals surface area contributed by atoms with Gasteiger partial charge in [0, 0.05) is 11.4 Å². The van der Waals surface area contributed by atoms with Crippen LogP contribution in [0.2, 0.25) is 0 Å². The summed E-state index contributed by atoms with van der Waals surface area (Å²) >= 11 is 0. The predicted molar refractivity (Wildman–Crippen MR) is 79.6 cm³/mol. The molecule has 0 spiro atoms. The number of para-hydroxylation sites is 1. The zero-order valence-electron chi connectivity index (χ0n) is 11.4. The van der Waals surface area contributed by atoms with Gasteiger partial charge in [-0.15, -0.1) is 0 Å². The number of anilines is 2. The Balaban J connectivity index is 2.01. The molecule has 0 aliphatic rings. The number of amides is 2. The van der Waals surface area contributed by atoms with Crippen LogP contribution in [0.15, 0.2) is 48.5 Å². The third-order valence-electron chi connectivity index (χ3n) is 2.91. The Morgan fingerprint density at radius 3 is 2.05 bits per heavy atom. The van der Waals surface area contributed by atoms with Gasteiger partial charge in [-0.05, 0) is 37.6 Å². The van der Waals surface area contributed by atoms with Crippen LogP contribution in [0.5, 0.6) is 0 Å². The lowest BCUT2D eigenvalue weighted by Gasteiger charge is -2.08. The summed E-state index contributed by atoms with van der Waals surface area (Å²) in [5, 5.41) is 5.15. The van der Waals surface area contributed by atoms with Crippen LogP contribution >= 0.6 is 0 Å². The molecule has 0 aliphatic carbocycles. The van der Waals surface area contributed by atoms with Gasteiger partial charge in [0.05, 0.1) is 0 Å². The highest BCUT2D eigenvalue weighted by Gasteiger charge is 2.14. The van der Waals surface area contributed by atoms with Gasteiger partial charge in [-0.2, -0.15) is 0 Å². The van der Waals surface area contributed by atoms with Crippen molar-refractivity contribution in [1.29, 1.82) is 0 Å². The minimum atomic E-state index is -0.683. The van der Waals surface area contributed by atoms with Crippen LogP contribution in [-0.2, 0) is 9.59 Å². The van der Waals surface area contributed by atoms with Gasteiger partial charge in [-0.25, -0.2) is 0 Å². The zero-order chi connectivity index (χ0) is 14.5. The molecule has 2 amide bonds. The van der Waals surface area contributed by atoms with Crippen LogP contribution in [0.1, 0.15) is 11.1 Å². The zero-order valence-corrected chi connectivity index (χ0v) is 11.4. The average molecular weight is 268 g/mol. The number of aryl methyl sites for hydroxylation is 2. The van der Waals surface area contributed by atoms with Crippen LogP contribution in [-0.4, -0.2) is 11.8 Å². The Hall–Kier alpha value is -2.62. The standard InChI is InChI=1S/C16H16N2O2/c1-11-7-9-13(10-8-11)17-15(19)16(20)18-14-6-4-3-5-12(14)2/h3-10H,1-2H3,(H,17,19)(H,18,20). The summed E-state index contributed by atoms with van der Waals surface area (Å²) in [6.45, 7) is 3.82. The van der Waals surface area contributed by atoms with Crippen molar-refractivity contribution in [3.05, 3.63) is 59.7 Å². The van der Waals surface area contributed by atoms with Crippen LogP contribution < -0.4 is 10.6 Å². The molecular formula is C16H16N2O2. The quantitative estimate of drug-likeness (QED) is 0.823. The normalized spacial score (nSPS) is 9.90. The minimum absolute atomic E-state index is 0.598. The maximum Gasteiger partial charge on any atom is 0.314 e. The third-order valence-corrected chi connectivity index (χ3v) is 2.91. The molecule has 2 N–H and O–H groups in total. The Morgan fingerprint density at radius 1 is 0.800 bits per heavy atom. The van der Waals surface area contributed by atoms with Gasteiger partial charge in [0.15, 0.2) is 0 Å². The van der Waals surface area contributed by atoms with Crippen molar-refractivity contribution >= 4 is 23.2 Å². The van der Waals surface area contributed by atoms with E-state index in [2.05, 4.69) is 10.6 Å². The molecule has 0 aromatic heterocycles. The molecule has 2 aromatic rings. The van der Waals surface area contributed by atoms with E-state index in [0.717, 1.165) is 11.1 Å². The van der Waals surface area contributed by atoms with Crippen molar-refractivity contribution in [2.75, 3.05) is 10.6 Å². The molecular weight excluding hydrogens is 252 g/mol. The number of benzene rings is 2. The Bertz CT molecular complexity index is 633. The molecule has 0 saturated heterocycles. The molecule has 20 heavy (non-hydrogen) atoms. The highest BCUT2D eigenvalue weighted by molar-refractivity contribution is 6.43. The fraction of sp³-hybridized carbons (Fsp3) is 0.125. The van der Waals surface area contributed by atoms with Gasteiger partial charge in [0.2, 0.25) is 0 Å². The lowest BCUT2D eigenvalue weighted by Crippen LogP contribution is -2.29. The second kappa shape index (κ2) is 6.02. The van der Waals surface area contributed by atoms with Crippen molar-refractivity contribution in [2.24, 2.45) is 0 Å². The maximum atomic E-state index is 11.8. The number of carbonyl (C=O) groups excluding carboxylic acids is 2. The molecule has 0 heterocycles. The number of hydrogen-bond donors (Lipinski definition) is 2. The van der Waals surface area contributed by atoms with E-state index in [1.54, 1.807) is 24.3 Å². The predicted octanol–water partition coefficient (Wildman–Crippen LogP) is 2.88. The summed E-state index contributed by atoms with van der Waals surface area (Å²) in [6, 6.07) is 14.6. The first kappa shape index (κ1) is 13.8. The first-order valence-corrected chi connectivity index (χ1v) is 6.31. The Morgan fingerprint density at radius 2 is 1.40 bits per heavy atom. The molecule has 0 atom stereocenters. The fourth-order valence-corrected chi connectivity index (χ4v) is 1.72. The average Bonchev–Trinajstić information content (AvgIpc) is 2.44. The first-order chi connectivity index (χ1) is 9.56. The summed E-state index contributed by atoms with van der Waals surface area (Å²) in [5.41, 5.74) is 3.23. The number of carbonyl (C=O) groups is 2. The van der Waals surface area contributed by atoms with E-state index in [4.69, 9.17) is 0 Å². The van der Waals surface area contributed by atoms with Gasteiger partial charge in [0.25, 0.3) is 0 Å². The van der Waals surface area contributed by atoms with Gasteiger partial charge < -0.3 is 10.6 Å². The number of nitrogens with one attached hydrogen (secondary N) is 2. The summed E-state index contributed by atoms with van der Waals surface area (Å²) in [4.78, 5) is 23.6. The van der Waals surface area contributed by atoms with Crippen molar-refractivity contribution < 1.29 is 9.59 Å². The third kappa shape index (κ3) is 3.45. The highest BCUT2D eigenvalue weighted by atomic mass is 16.2. The van der Waals surface area contributed by atoms with E-state index < -0.39 is 11.8 Å². The van der Waals surface area contributed by atoms with E-state index in [1.807, 2.05) is 38.1 Å². The molecule has 0 bridgehead atoms. The van der Waals surface area contributed by atoms with E-state index in [0.29, 0.717) is 11.4 Å². The molecule has 0 radical (unpaired) electrons. The fourth-order valence-electron chi connectivity index (χ4n) is 1.72. The second-order valence-corrected chi connectivity index (χ2v) is 4.59. The molecule has 4 nitrogen and oxygen atoms in total. The summed E-state index contributed by atoms with van der Waals surface area (Å²) in [6.07, 6.45) is 0. The monoisotopic (exact) mass is 268 g/mol. The lowest BCUT2D eigenvalue weighted by atomic mass is 10.2. The SMILES string of the molecule is Cc1ccc(NC(=O)C(=O)Nc2ccccc2C)cc1. The van der Waals surface area contributed by atoms with Crippen LogP contribution in [0, 0.1) is 13.8 Å². The Labute approximate surface area is 117 Å². The first-order valence-electron chi connectivity index (χ1n) is 6.31. The molecule has 0 aliphatic heterocycles. The van der Waals surface area contributed by atoms with Gasteiger partial charge >= 0.3 is 11.8 Å². The van der Waals surface area contributed by atoms with Gasteiger partial charge in [-0.3, -0.25) is 9.59 Å². The van der Waals surface area contributed by atoms with E-state index in [-0.39, 0.29) is 0 Å². The lowest BCUT2D eigenvalue weighted by molar-refractivity contribution is -0.133. The van der Waals surface area contributed by atoms with Crippen molar-refractivity contribution in [3.63, 3.8) is 0 Å². The van der Waals surface area contributed by atoms with Crippen LogP contribution in [0.3, 0.4) is 0 Å². The minimum Gasteiger partial charge on any atom is -0.318 e. The molecule has 0 unspecified atom stereocenters. The van der Waals surface area contributed by atoms with Crippen molar-refractivity contribution in [1.82, 2.24) is 0 Å².